The average molecular weight is 326 g/mol. The maximum Gasteiger partial charge on any atom is 0.315 e. The number of carbonyl (C=O) groups excluding carboxylic acids is 1. The minimum absolute atomic E-state index is 0.144. The fourth-order valence-corrected chi connectivity index (χ4v) is 2.10. The standard InChI is InChI=1S/C16H15FN6O/c17-13-6-8-14(9-7-13)23-15(20-21-22-23)11-19-16(24)18-10-12-4-2-1-3-5-12/h1-9H,10-11H2,(H2,18,19,24). The third-order valence-corrected chi connectivity index (χ3v) is 3.31. The Morgan fingerprint density at radius 1 is 1.00 bits per heavy atom. The number of amides is 2. The Labute approximate surface area is 137 Å². The van der Waals surface area contributed by atoms with Crippen molar-refractivity contribution < 1.29 is 9.18 Å². The highest BCUT2D eigenvalue weighted by molar-refractivity contribution is 5.73. The van der Waals surface area contributed by atoms with Crippen LogP contribution in [0, 0.1) is 5.82 Å². The summed E-state index contributed by atoms with van der Waals surface area (Å²) in [5.74, 6) is 0.100. The first kappa shape index (κ1) is 15.6. The van der Waals surface area contributed by atoms with Gasteiger partial charge in [0, 0.05) is 6.54 Å². The lowest BCUT2D eigenvalue weighted by Crippen LogP contribution is -2.35. The van der Waals surface area contributed by atoms with Crippen molar-refractivity contribution in [2.24, 2.45) is 0 Å². The van der Waals surface area contributed by atoms with Gasteiger partial charge in [-0.1, -0.05) is 30.3 Å². The Morgan fingerprint density at radius 2 is 1.71 bits per heavy atom. The molecule has 0 spiro atoms. The van der Waals surface area contributed by atoms with Crippen LogP contribution in [0.1, 0.15) is 11.4 Å². The molecule has 1 heterocycles. The van der Waals surface area contributed by atoms with Gasteiger partial charge in [-0.25, -0.2) is 9.18 Å². The van der Waals surface area contributed by atoms with Crippen LogP contribution in [-0.2, 0) is 13.1 Å². The number of carbonyl (C=O) groups is 1. The van der Waals surface area contributed by atoms with E-state index in [1.54, 1.807) is 12.1 Å². The second-order valence-corrected chi connectivity index (χ2v) is 5.01. The van der Waals surface area contributed by atoms with E-state index in [9.17, 15) is 9.18 Å². The summed E-state index contributed by atoms with van der Waals surface area (Å²) in [6.07, 6.45) is 0. The first-order valence-electron chi connectivity index (χ1n) is 7.31. The van der Waals surface area contributed by atoms with Gasteiger partial charge < -0.3 is 10.6 Å². The maximum absolute atomic E-state index is 13.0. The number of rotatable bonds is 5. The van der Waals surface area contributed by atoms with Crippen molar-refractivity contribution in [3.8, 4) is 5.69 Å². The molecule has 0 atom stereocenters. The molecule has 1 aromatic heterocycles. The molecule has 0 aliphatic carbocycles. The minimum atomic E-state index is -0.341. The monoisotopic (exact) mass is 326 g/mol. The summed E-state index contributed by atoms with van der Waals surface area (Å²) in [4.78, 5) is 11.9. The molecule has 24 heavy (non-hydrogen) atoms. The zero-order valence-electron chi connectivity index (χ0n) is 12.7. The quantitative estimate of drug-likeness (QED) is 0.749. The molecule has 0 saturated heterocycles. The number of nitrogens with one attached hydrogen (secondary N) is 2. The molecule has 2 N–H and O–H groups in total. The third kappa shape index (κ3) is 3.92. The zero-order valence-corrected chi connectivity index (χ0v) is 12.7. The van der Waals surface area contributed by atoms with E-state index in [2.05, 4.69) is 26.2 Å². The van der Waals surface area contributed by atoms with Gasteiger partial charge in [-0.15, -0.1) is 5.10 Å². The average Bonchev–Trinajstić information content (AvgIpc) is 3.08. The smallest absolute Gasteiger partial charge is 0.315 e. The first-order chi connectivity index (χ1) is 11.7. The van der Waals surface area contributed by atoms with Crippen molar-refractivity contribution in [3.05, 3.63) is 71.8 Å². The summed E-state index contributed by atoms with van der Waals surface area (Å²) in [5.41, 5.74) is 1.62. The fraction of sp³-hybridized carbons (Fsp3) is 0.125. The molecule has 2 amide bonds. The maximum atomic E-state index is 13.0. The van der Waals surface area contributed by atoms with E-state index < -0.39 is 0 Å². The van der Waals surface area contributed by atoms with E-state index in [4.69, 9.17) is 0 Å². The van der Waals surface area contributed by atoms with Crippen LogP contribution in [0.4, 0.5) is 9.18 Å². The molecular weight excluding hydrogens is 311 g/mol. The van der Waals surface area contributed by atoms with Crippen molar-refractivity contribution >= 4 is 6.03 Å². The van der Waals surface area contributed by atoms with Crippen LogP contribution >= 0.6 is 0 Å². The number of hydrogen-bond donors (Lipinski definition) is 2. The predicted octanol–water partition coefficient (Wildman–Crippen LogP) is 1.80. The van der Waals surface area contributed by atoms with Gasteiger partial charge >= 0.3 is 6.03 Å². The molecule has 0 aliphatic heterocycles. The fourth-order valence-electron chi connectivity index (χ4n) is 2.10. The van der Waals surface area contributed by atoms with Crippen molar-refractivity contribution in [1.82, 2.24) is 30.8 Å². The molecule has 0 saturated carbocycles. The number of urea groups is 1. The summed E-state index contributed by atoms with van der Waals surface area (Å²) < 4.78 is 14.4. The van der Waals surface area contributed by atoms with Crippen LogP contribution in [0.3, 0.4) is 0 Å². The highest BCUT2D eigenvalue weighted by Crippen LogP contribution is 2.08. The second kappa shape index (κ2) is 7.32. The summed E-state index contributed by atoms with van der Waals surface area (Å²) in [6, 6.07) is 15.0. The largest absolute Gasteiger partial charge is 0.334 e. The number of nitrogens with zero attached hydrogens (tertiary/aromatic N) is 4. The number of halogens is 1. The topological polar surface area (TPSA) is 84.7 Å². The highest BCUT2D eigenvalue weighted by Gasteiger charge is 2.10. The van der Waals surface area contributed by atoms with E-state index in [-0.39, 0.29) is 18.4 Å². The van der Waals surface area contributed by atoms with Gasteiger partial charge in [0.05, 0.1) is 12.2 Å². The van der Waals surface area contributed by atoms with Gasteiger partial charge in [-0.3, -0.25) is 0 Å². The Kier molecular flexibility index (Phi) is 4.76. The van der Waals surface area contributed by atoms with E-state index in [0.29, 0.717) is 18.1 Å². The van der Waals surface area contributed by atoms with E-state index in [1.807, 2.05) is 30.3 Å². The lowest BCUT2D eigenvalue weighted by atomic mass is 10.2. The molecule has 8 heteroatoms. The van der Waals surface area contributed by atoms with Gasteiger partial charge in [0.25, 0.3) is 0 Å². The number of tetrazole rings is 1. The Morgan fingerprint density at radius 3 is 2.46 bits per heavy atom. The predicted molar refractivity (Wildman–Crippen MR) is 84.6 cm³/mol. The Hall–Kier alpha value is -3.29. The minimum Gasteiger partial charge on any atom is -0.334 e. The van der Waals surface area contributed by atoms with Crippen molar-refractivity contribution in [2.75, 3.05) is 0 Å². The van der Waals surface area contributed by atoms with Crippen molar-refractivity contribution in [2.45, 2.75) is 13.1 Å². The van der Waals surface area contributed by atoms with Gasteiger partial charge in [-0.2, -0.15) is 4.68 Å². The van der Waals surface area contributed by atoms with E-state index in [0.717, 1.165) is 5.56 Å². The molecule has 122 valence electrons. The van der Waals surface area contributed by atoms with Gasteiger partial charge in [0.15, 0.2) is 5.82 Å². The SMILES string of the molecule is O=C(NCc1ccccc1)NCc1nnnn1-c1ccc(F)cc1. The first-order valence-corrected chi connectivity index (χ1v) is 7.31. The Bertz CT molecular complexity index is 803. The van der Waals surface area contributed by atoms with Crippen molar-refractivity contribution in [3.63, 3.8) is 0 Å². The molecular formula is C16H15FN6O. The van der Waals surface area contributed by atoms with Crippen LogP contribution in [-0.4, -0.2) is 26.2 Å². The zero-order chi connectivity index (χ0) is 16.8. The molecule has 2 aromatic carbocycles. The lowest BCUT2D eigenvalue weighted by Gasteiger charge is -2.08. The summed E-state index contributed by atoms with van der Waals surface area (Å²) >= 11 is 0. The molecule has 0 fully saturated rings. The molecule has 0 aliphatic rings. The molecule has 7 nitrogen and oxygen atoms in total. The second-order valence-electron chi connectivity index (χ2n) is 5.01. The number of aromatic nitrogens is 4. The molecule has 3 rings (SSSR count). The normalized spacial score (nSPS) is 10.4. The summed E-state index contributed by atoms with van der Waals surface area (Å²) in [7, 11) is 0. The van der Waals surface area contributed by atoms with Crippen LogP contribution in [0.2, 0.25) is 0 Å². The van der Waals surface area contributed by atoms with Crippen LogP contribution in [0.5, 0.6) is 0 Å². The van der Waals surface area contributed by atoms with Gasteiger partial charge in [0.1, 0.15) is 5.82 Å². The van der Waals surface area contributed by atoms with Gasteiger partial charge in [-0.05, 0) is 40.3 Å². The molecule has 0 radical (unpaired) electrons. The lowest BCUT2D eigenvalue weighted by molar-refractivity contribution is 0.240. The van der Waals surface area contributed by atoms with E-state index >= 15 is 0 Å². The molecule has 3 aromatic rings. The van der Waals surface area contributed by atoms with Crippen LogP contribution in [0.15, 0.2) is 54.6 Å². The van der Waals surface area contributed by atoms with Crippen LogP contribution < -0.4 is 10.6 Å². The number of benzene rings is 2. The Balaban J connectivity index is 1.56. The van der Waals surface area contributed by atoms with Crippen LogP contribution in [0.25, 0.3) is 5.69 Å². The van der Waals surface area contributed by atoms with Crippen molar-refractivity contribution in [1.29, 1.82) is 0 Å². The van der Waals surface area contributed by atoms with E-state index in [1.165, 1.54) is 16.8 Å². The summed E-state index contributed by atoms with van der Waals surface area (Å²) in [6.45, 7) is 0.570. The highest BCUT2D eigenvalue weighted by atomic mass is 19.1. The van der Waals surface area contributed by atoms with Gasteiger partial charge in [0.2, 0.25) is 0 Å². The summed E-state index contributed by atoms with van der Waals surface area (Å²) in [5, 5.41) is 16.7. The third-order valence-electron chi connectivity index (χ3n) is 3.31. The molecule has 0 unspecified atom stereocenters. The molecule has 0 bridgehead atoms. The number of hydrogen-bond acceptors (Lipinski definition) is 4.